The number of sulfone groups is 1. The Bertz CT molecular complexity index is 931. The fraction of sp³-hybridized carbons (Fsp3) is 0.529. The van der Waals surface area contributed by atoms with E-state index in [1.165, 1.54) is 6.92 Å². The summed E-state index contributed by atoms with van der Waals surface area (Å²) in [5, 5.41) is 3.46. The molecule has 1 aliphatic heterocycles. The van der Waals surface area contributed by atoms with Crippen LogP contribution in [-0.4, -0.2) is 36.7 Å². The Morgan fingerprint density at radius 1 is 1.44 bits per heavy atom. The summed E-state index contributed by atoms with van der Waals surface area (Å²) in [7, 11) is -3.46. The summed E-state index contributed by atoms with van der Waals surface area (Å²) >= 11 is 0. The van der Waals surface area contributed by atoms with E-state index < -0.39 is 15.8 Å². The smallest absolute Gasteiger partial charge is 0.302 e. The molecule has 1 aliphatic rings. The number of carbonyl (C=O) groups excluding carboxylic acids is 1. The second-order valence-corrected chi connectivity index (χ2v) is 8.78. The van der Waals surface area contributed by atoms with E-state index in [9.17, 15) is 13.2 Å². The standard InChI is InChI=1S/C17H23N3O4S/c1-10(2)16-17-19-13-7-12(9-24-11(3)21)15(25(4,22)23)8-14(13)20(17)6-5-18-16/h7-8,10,16,18H,5-6,9H2,1-4H3/t16-/m1/s1. The third-order valence-electron chi connectivity index (χ3n) is 4.43. The van der Waals surface area contributed by atoms with Crippen LogP contribution in [0.5, 0.6) is 0 Å². The average molecular weight is 365 g/mol. The summed E-state index contributed by atoms with van der Waals surface area (Å²) in [6, 6.07) is 3.50. The number of rotatable bonds is 4. The number of esters is 1. The predicted molar refractivity (Wildman–Crippen MR) is 93.9 cm³/mol. The minimum atomic E-state index is -3.46. The van der Waals surface area contributed by atoms with E-state index in [-0.39, 0.29) is 17.5 Å². The number of carbonyl (C=O) groups is 1. The quantitative estimate of drug-likeness (QED) is 0.831. The zero-order valence-electron chi connectivity index (χ0n) is 14.9. The summed E-state index contributed by atoms with van der Waals surface area (Å²) in [5.41, 5.74) is 1.97. The molecule has 0 amide bonds. The molecule has 0 fully saturated rings. The lowest BCUT2D eigenvalue weighted by molar-refractivity contribution is -0.142. The first kappa shape index (κ1) is 17.9. The lowest BCUT2D eigenvalue weighted by Gasteiger charge is -2.28. The molecule has 0 aliphatic carbocycles. The molecule has 2 heterocycles. The Morgan fingerprint density at radius 3 is 2.76 bits per heavy atom. The Morgan fingerprint density at radius 2 is 2.16 bits per heavy atom. The number of hydrogen-bond donors (Lipinski definition) is 1. The molecule has 0 unspecified atom stereocenters. The Balaban J connectivity index is 2.19. The van der Waals surface area contributed by atoms with Crippen LogP contribution in [-0.2, 0) is 32.5 Å². The average Bonchev–Trinajstić information content (AvgIpc) is 2.88. The van der Waals surface area contributed by atoms with Crippen molar-refractivity contribution in [2.24, 2.45) is 5.92 Å². The number of hydrogen-bond acceptors (Lipinski definition) is 6. The minimum Gasteiger partial charge on any atom is -0.461 e. The first-order chi connectivity index (χ1) is 11.7. The van der Waals surface area contributed by atoms with Gasteiger partial charge in [0.05, 0.1) is 22.0 Å². The molecular weight excluding hydrogens is 342 g/mol. The van der Waals surface area contributed by atoms with E-state index >= 15 is 0 Å². The number of nitrogens with zero attached hydrogens (tertiary/aromatic N) is 2. The molecule has 1 aromatic carbocycles. The maximum absolute atomic E-state index is 12.2. The maximum Gasteiger partial charge on any atom is 0.302 e. The van der Waals surface area contributed by atoms with Gasteiger partial charge in [-0.2, -0.15) is 0 Å². The van der Waals surface area contributed by atoms with Crippen molar-refractivity contribution in [3.63, 3.8) is 0 Å². The van der Waals surface area contributed by atoms with Crippen molar-refractivity contribution in [1.82, 2.24) is 14.9 Å². The van der Waals surface area contributed by atoms with E-state index in [4.69, 9.17) is 9.72 Å². The van der Waals surface area contributed by atoms with Gasteiger partial charge in [0.25, 0.3) is 0 Å². The van der Waals surface area contributed by atoms with Gasteiger partial charge in [-0.1, -0.05) is 13.8 Å². The van der Waals surface area contributed by atoms with Crippen LogP contribution in [0.15, 0.2) is 17.0 Å². The lowest BCUT2D eigenvalue weighted by Crippen LogP contribution is -2.36. The highest BCUT2D eigenvalue weighted by Crippen LogP contribution is 2.31. The zero-order valence-corrected chi connectivity index (χ0v) is 15.7. The van der Waals surface area contributed by atoms with Gasteiger partial charge in [0.15, 0.2) is 9.84 Å². The third-order valence-corrected chi connectivity index (χ3v) is 5.61. The van der Waals surface area contributed by atoms with E-state index in [0.717, 1.165) is 36.2 Å². The van der Waals surface area contributed by atoms with Gasteiger partial charge in [0, 0.05) is 31.8 Å². The van der Waals surface area contributed by atoms with Crippen LogP contribution in [0.1, 0.15) is 38.2 Å². The zero-order chi connectivity index (χ0) is 18.4. The summed E-state index contributed by atoms with van der Waals surface area (Å²) in [6.45, 7) is 7.02. The lowest BCUT2D eigenvalue weighted by atomic mass is 10.0. The SMILES string of the molecule is CC(=O)OCc1cc2nc3n(c2cc1S(C)(=O)=O)CCN[C@@H]3C(C)C. The van der Waals surface area contributed by atoms with Gasteiger partial charge in [-0.3, -0.25) is 4.79 Å². The number of nitrogens with one attached hydrogen (secondary N) is 1. The molecule has 136 valence electrons. The Labute approximate surface area is 147 Å². The van der Waals surface area contributed by atoms with Crippen LogP contribution >= 0.6 is 0 Å². The van der Waals surface area contributed by atoms with E-state index in [0.29, 0.717) is 11.5 Å². The fourth-order valence-electron chi connectivity index (χ4n) is 3.28. The molecule has 8 heteroatoms. The van der Waals surface area contributed by atoms with Crippen LogP contribution < -0.4 is 5.32 Å². The second-order valence-electron chi connectivity index (χ2n) is 6.80. The van der Waals surface area contributed by atoms with E-state index in [1.807, 2.05) is 0 Å². The van der Waals surface area contributed by atoms with Crippen LogP contribution in [0.4, 0.5) is 0 Å². The first-order valence-electron chi connectivity index (χ1n) is 8.28. The molecule has 0 saturated heterocycles. The topological polar surface area (TPSA) is 90.3 Å². The van der Waals surface area contributed by atoms with Crippen LogP contribution in [0.2, 0.25) is 0 Å². The minimum absolute atomic E-state index is 0.0816. The predicted octanol–water partition coefficient (Wildman–Crippen LogP) is 1.80. The van der Waals surface area contributed by atoms with Crippen molar-refractivity contribution in [2.75, 3.05) is 12.8 Å². The normalized spacial score (nSPS) is 17.7. The van der Waals surface area contributed by atoms with Crippen molar-refractivity contribution in [1.29, 1.82) is 0 Å². The number of fused-ring (bicyclic) bond motifs is 3. The molecule has 0 saturated carbocycles. The van der Waals surface area contributed by atoms with Gasteiger partial charge in [0.1, 0.15) is 12.4 Å². The molecule has 7 nitrogen and oxygen atoms in total. The van der Waals surface area contributed by atoms with Crippen molar-refractivity contribution in [2.45, 2.75) is 44.9 Å². The number of aromatic nitrogens is 2. The summed E-state index contributed by atoms with van der Waals surface area (Å²) < 4.78 is 31.6. The molecule has 0 bridgehead atoms. The van der Waals surface area contributed by atoms with Gasteiger partial charge in [0.2, 0.25) is 0 Å². The largest absolute Gasteiger partial charge is 0.461 e. The summed E-state index contributed by atoms with van der Waals surface area (Å²) in [5.74, 6) is 0.832. The second kappa shape index (κ2) is 6.42. The van der Waals surface area contributed by atoms with Crippen molar-refractivity contribution >= 4 is 26.8 Å². The van der Waals surface area contributed by atoms with Crippen LogP contribution in [0.25, 0.3) is 11.0 Å². The van der Waals surface area contributed by atoms with Gasteiger partial charge in [-0.25, -0.2) is 13.4 Å². The molecule has 3 rings (SSSR count). The van der Waals surface area contributed by atoms with Crippen molar-refractivity contribution in [3.8, 4) is 0 Å². The monoisotopic (exact) mass is 365 g/mol. The van der Waals surface area contributed by atoms with Gasteiger partial charge < -0.3 is 14.6 Å². The molecule has 1 N–H and O–H groups in total. The van der Waals surface area contributed by atoms with Crippen LogP contribution in [0.3, 0.4) is 0 Å². The fourth-order valence-corrected chi connectivity index (χ4v) is 4.20. The molecule has 0 spiro atoms. The van der Waals surface area contributed by atoms with Gasteiger partial charge >= 0.3 is 5.97 Å². The third kappa shape index (κ3) is 3.41. The molecule has 2 aromatic rings. The highest BCUT2D eigenvalue weighted by atomic mass is 32.2. The molecule has 1 aromatic heterocycles. The number of benzene rings is 1. The number of ether oxygens (including phenoxy) is 1. The highest BCUT2D eigenvalue weighted by molar-refractivity contribution is 7.90. The van der Waals surface area contributed by atoms with E-state index in [1.54, 1.807) is 12.1 Å². The molecule has 0 radical (unpaired) electrons. The van der Waals surface area contributed by atoms with E-state index in [2.05, 4.69) is 23.7 Å². The highest BCUT2D eigenvalue weighted by Gasteiger charge is 2.27. The summed E-state index contributed by atoms with van der Waals surface area (Å²) in [4.78, 5) is 16.0. The summed E-state index contributed by atoms with van der Waals surface area (Å²) in [6.07, 6.45) is 1.16. The molecular formula is C17H23N3O4S. The molecule has 1 atom stereocenters. The first-order valence-corrected chi connectivity index (χ1v) is 10.2. The van der Waals surface area contributed by atoms with Gasteiger partial charge in [-0.15, -0.1) is 0 Å². The van der Waals surface area contributed by atoms with Crippen molar-refractivity contribution in [3.05, 3.63) is 23.5 Å². The Kier molecular flexibility index (Phi) is 4.59. The maximum atomic E-state index is 12.2. The Hall–Kier alpha value is -1.93. The molecule has 25 heavy (non-hydrogen) atoms. The van der Waals surface area contributed by atoms with Crippen molar-refractivity contribution < 1.29 is 17.9 Å². The number of imidazole rings is 1. The van der Waals surface area contributed by atoms with Gasteiger partial charge in [-0.05, 0) is 18.1 Å². The van der Waals surface area contributed by atoms with Crippen LogP contribution in [0, 0.1) is 5.92 Å².